The second-order valence-electron chi connectivity index (χ2n) is 6.12. The van der Waals surface area contributed by atoms with E-state index in [9.17, 15) is 0 Å². The molecular weight excluding hydrogens is 288 g/mol. The molecule has 0 aliphatic carbocycles. The van der Waals surface area contributed by atoms with Gasteiger partial charge >= 0.3 is 0 Å². The van der Waals surface area contributed by atoms with E-state index in [0.29, 0.717) is 0 Å². The predicted octanol–water partition coefficient (Wildman–Crippen LogP) is 3.30. The van der Waals surface area contributed by atoms with Crippen molar-refractivity contribution < 1.29 is 9.47 Å². The smallest absolute Gasteiger partial charge is 0.175 e. The van der Waals surface area contributed by atoms with Gasteiger partial charge in [-0.1, -0.05) is 60.7 Å². The lowest BCUT2D eigenvalue weighted by Crippen LogP contribution is -2.45. The number of nitrogens with zero attached hydrogens (tertiary/aromatic N) is 1. The fraction of sp³-hybridized carbons (Fsp3) is 0.368. The van der Waals surface area contributed by atoms with Crippen molar-refractivity contribution in [3.8, 4) is 0 Å². The van der Waals surface area contributed by atoms with Gasteiger partial charge in [-0.2, -0.15) is 0 Å². The van der Waals surface area contributed by atoms with Gasteiger partial charge in [-0.05, 0) is 18.1 Å². The van der Waals surface area contributed by atoms with E-state index >= 15 is 0 Å². The molecule has 1 saturated heterocycles. The topological polar surface area (TPSA) is 33.7 Å². The van der Waals surface area contributed by atoms with Crippen LogP contribution in [0.1, 0.15) is 30.3 Å². The Bertz CT molecular complexity index is 556. The summed E-state index contributed by atoms with van der Waals surface area (Å²) >= 11 is 0. The zero-order valence-electron chi connectivity index (χ0n) is 13.8. The van der Waals surface area contributed by atoms with Crippen LogP contribution in [0.15, 0.2) is 60.7 Å². The summed E-state index contributed by atoms with van der Waals surface area (Å²) in [5.41, 5.74) is 5.59. The quantitative estimate of drug-likeness (QED) is 0.859. The average Bonchev–Trinajstić information content (AvgIpc) is 3.01. The van der Waals surface area contributed by atoms with Crippen LogP contribution < -0.4 is 5.43 Å². The molecule has 1 heterocycles. The van der Waals surface area contributed by atoms with E-state index in [1.807, 2.05) is 55.5 Å². The Labute approximate surface area is 138 Å². The fourth-order valence-electron chi connectivity index (χ4n) is 2.96. The minimum absolute atomic E-state index is 0.0601. The first-order chi connectivity index (χ1) is 11.1. The Morgan fingerprint density at radius 1 is 0.826 bits per heavy atom. The first kappa shape index (κ1) is 16.1. The molecule has 3 rings (SSSR count). The van der Waals surface area contributed by atoms with Crippen molar-refractivity contribution in [3.63, 3.8) is 0 Å². The molecule has 1 aliphatic rings. The van der Waals surface area contributed by atoms with Crippen LogP contribution in [-0.2, 0) is 9.47 Å². The molecule has 4 nitrogen and oxygen atoms in total. The molecule has 23 heavy (non-hydrogen) atoms. The maximum absolute atomic E-state index is 6.27. The summed E-state index contributed by atoms with van der Waals surface area (Å²) in [7, 11) is 3.93. The van der Waals surface area contributed by atoms with Gasteiger partial charge in [-0.3, -0.25) is 5.01 Å². The van der Waals surface area contributed by atoms with Gasteiger partial charge in [-0.25, -0.2) is 5.43 Å². The van der Waals surface area contributed by atoms with E-state index in [2.05, 4.69) is 36.6 Å². The van der Waals surface area contributed by atoms with E-state index in [-0.39, 0.29) is 24.5 Å². The lowest BCUT2D eigenvalue weighted by atomic mass is 9.99. The lowest BCUT2D eigenvalue weighted by Gasteiger charge is -2.23. The Morgan fingerprint density at radius 2 is 1.26 bits per heavy atom. The van der Waals surface area contributed by atoms with Gasteiger partial charge in [0.2, 0.25) is 0 Å². The number of ether oxygens (including phenoxy) is 2. The molecule has 1 fully saturated rings. The molecule has 0 radical (unpaired) electrons. The first-order valence-corrected chi connectivity index (χ1v) is 7.99. The van der Waals surface area contributed by atoms with Gasteiger partial charge < -0.3 is 9.47 Å². The minimum Gasteiger partial charge on any atom is -0.340 e. The van der Waals surface area contributed by atoms with Gasteiger partial charge in [-0.15, -0.1) is 0 Å². The highest BCUT2D eigenvalue weighted by atomic mass is 16.7. The van der Waals surface area contributed by atoms with Crippen molar-refractivity contribution in [2.75, 3.05) is 14.1 Å². The van der Waals surface area contributed by atoms with Crippen LogP contribution in [0.5, 0.6) is 0 Å². The molecule has 4 heteroatoms. The summed E-state index contributed by atoms with van der Waals surface area (Å²) in [6.07, 6.45) is -0.502. The van der Waals surface area contributed by atoms with Gasteiger partial charge in [0.05, 0.1) is 6.04 Å². The predicted molar refractivity (Wildman–Crippen MR) is 90.6 cm³/mol. The van der Waals surface area contributed by atoms with Crippen LogP contribution in [0.25, 0.3) is 0 Å². The van der Waals surface area contributed by atoms with Crippen LogP contribution in [0.3, 0.4) is 0 Å². The molecule has 0 amide bonds. The average molecular weight is 312 g/mol. The SMILES string of the molecule is C[C@@H](NN(C)C)C1O[C@@H](c2ccccc2)[C@H](c2ccccc2)O1. The number of hydrogen-bond donors (Lipinski definition) is 1. The molecule has 2 aromatic rings. The third-order valence-corrected chi connectivity index (χ3v) is 3.96. The fourth-order valence-corrected chi connectivity index (χ4v) is 2.96. The second-order valence-corrected chi connectivity index (χ2v) is 6.12. The maximum atomic E-state index is 6.27. The normalized spacial score (nSPS) is 23.3. The third-order valence-electron chi connectivity index (χ3n) is 3.96. The Kier molecular flexibility index (Phi) is 5.08. The van der Waals surface area contributed by atoms with Gasteiger partial charge in [0, 0.05) is 14.1 Å². The molecule has 1 aliphatic heterocycles. The lowest BCUT2D eigenvalue weighted by molar-refractivity contribution is -0.0962. The Morgan fingerprint density at radius 3 is 1.65 bits per heavy atom. The first-order valence-electron chi connectivity index (χ1n) is 7.99. The van der Waals surface area contributed by atoms with Gasteiger partial charge in [0.1, 0.15) is 12.2 Å². The van der Waals surface area contributed by atoms with Crippen molar-refractivity contribution in [1.29, 1.82) is 0 Å². The molecule has 122 valence electrons. The standard InChI is InChI=1S/C19H24N2O2/c1-14(20-21(2)3)19-22-17(15-10-6-4-7-11-15)18(23-19)16-12-8-5-9-13-16/h4-14,17-20H,1-3H3/t14-,17+,18+/m1/s1. The largest absolute Gasteiger partial charge is 0.340 e. The molecule has 0 saturated carbocycles. The molecule has 1 N–H and O–H groups in total. The summed E-state index contributed by atoms with van der Waals surface area (Å²) in [5, 5.41) is 1.92. The molecule has 0 unspecified atom stereocenters. The van der Waals surface area contributed by atoms with Crippen molar-refractivity contribution in [1.82, 2.24) is 10.4 Å². The van der Waals surface area contributed by atoms with E-state index in [1.54, 1.807) is 0 Å². The number of nitrogens with one attached hydrogen (secondary N) is 1. The van der Waals surface area contributed by atoms with Crippen LogP contribution in [0.2, 0.25) is 0 Å². The summed E-state index contributed by atoms with van der Waals surface area (Å²) in [5.74, 6) is 0. The number of hydrazine groups is 1. The maximum Gasteiger partial charge on any atom is 0.175 e. The van der Waals surface area contributed by atoms with E-state index < -0.39 is 0 Å². The van der Waals surface area contributed by atoms with Crippen LogP contribution in [0, 0.1) is 0 Å². The van der Waals surface area contributed by atoms with Gasteiger partial charge in [0.15, 0.2) is 6.29 Å². The van der Waals surface area contributed by atoms with Crippen LogP contribution in [0.4, 0.5) is 0 Å². The number of benzene rings is 2. The van der Waals surface area contributed by atoms with Crippen molar-refractivity contribution in [2.24, 2.45) is 0 Å². The van der Waals surface area contributed by atoms with E-state index in [4.69, 9.17) is 9.47 Å². The van der Waals surface area contributed by atoms with Crippen molar-refractivity contribution in [3.05, 3.63) is 71.8 Å². The molecule has 0 aromatic heterocycles. The van der Waals surface area contributed by atoms with Crippen LogP contribution >= 0.6 is 0 Å². The van der Waals surface area contributed by atoms with Crippen LogP contribution in [-0.4, -0.2) is 31.4 Å². The highest BCUT2D eigenvalue weighted by Crippen LogP contribution is 2.43. The summed E-state index contributed by atoms with van der Waals surface area (Å²) < 4.78 is 12.5. The van der Waals surface area contributed by atoms with Crippen molar-refractivity contribution >= 4 is 0 Å². The third kappa shape index (κ3) is 3.79. The molecule has 3 atom stereocenters. The highest BCUT2D eigenvalue weighted by molar-refractivity contribution is 5.26. The minimum atomic E-state index is -0.298. The molecular formula is C19H24N2O2. The monoisotopic (exact) mass is 312 g/mol. The molecule has 0 spiro atoms. The van der Waals surface area contributed by atoms with Gasteiger partial charge in [0.25, 0.3) is 0 Å². The summed E-state index contributed by atoms with van der Waals surface area (Å²) in [6, 6.07) is 20.6. The Balaban J connectivity index is 1.85. The van der Waals surface area contributed by atoms with E-state index in [0.717, 1.165) is 11.1 Å². The number of rotatable bonds is 5. The highest BCUT2D eigenvalue weighted by Gasteiger charge is 2.40. The molecule has 2 aromatic carbocycles. The number of hydrogen-bond acceptors (Lipinski definition) is 4. The Hall–Kier alpha value is -1.72. The van der Waals surface area contributed by atoms with E-state index in [1.165, 1.54) is 0 Å². The molecule has 0 bridgehead atoms. The zero-order valence-corrected chi connectivity index (χ0v) is 13.8. The summed E-state index contributed by atoms with van der Waals surface area (Å²) in [4.78, 5) is 0. The summed E-state index contributed by atoms with van der Waals surface area (Å²) in [6.45, 7) is 2.07. The zero-order chi connectivity index (χ0) is 16.2. The van der Waals surface area contributed by atoms with Crippen molar-refractivity contribution in [2.45, 2.75) is 31.5 Å². The second kappa shape index (κ2) is 7.23.